The maximum Gasteiger partial charge on any atom is 0.416 e. The average Bonchev–Trinajstić information content (AvgIpc) is 3.23. The van der Waals surface area contributed by atoms with Gasteiger partial charge in [0.05, 0.1) is 24.5 Å². The lowest BCUT2D eigenvalue weighted by Crippen LogP contribution is -2.49. The molecule has 1 aliphatic rings. The van der Waals surface area contributed by atoms with Gasteiger partial charge >= 0.3 is 6.18 Å². The quantitative estimate of drug-likeness (QED) is 0.467. The van der Waals surface area contributed by atoms with Crippen molar-refractivity contribution >= 4 is 5.96 Å². The van der Waals surface area contributed by atoms with Crippen molar-refractivity contribution in [1.82, 2.24) is 19.8 Å². The molecule has 1 aromatic heterocycles. The molecule has 2 heterocycles. The summed E-state index contributed by atoms with van der Waals surface area (Å²) in [6.45, 7) is 4.60. The topological polar surface area (TPSA) is 54.7 Å². The van der Waals surface area contributed by atoms with Crippen LogP contribution in [0.5, 0.6) is 5.75 Å². The number of aliphatic imine (C=N–C) groups is 1. The van der Waals surface area contributed by atoms with Crippen molar-refractivity contribution < 1.29 is 17.9 Å². The number of hydrogen-bond donors (Lipinski definition) is 1. The zero-order valence-corrected chi connectivity index (χ0v) is 16.6. The minimum atomic E-state index is -4.38. The highest BCUT2D eigenvalue weighted by molar-refractivity contribution is 5.80. The van der Waals surface area contributed by atoms with E-state index in [1.54, 1.807) is 13.2 Å². The van der Waals surface area contributed by atoms with Crippen LogP contribution >= 0.6 is 0 Å². The van der Waals surface area contributed by atoms with Crippen LogP contribution in [0.1, 0.15) is 24.9 Å². The fraction of sp³-hybridized carbons (Fsp3) is 0.500. The summed E-state index contributed by atoms with van der Waals surface area (Å²) in [4.78, 5) is 10.7. The molecule has 1 aromatic carbocycles. The first kappa shape index (κ1) is 21.0. The van der Waals surface area contributed by atoms with Gasteiger partial charge in [0, 0.05) is 32.5 Å². The molecule has 0 saturated carbocycles. The highest BCUT2D eigenvalue weighted by Gasteiger charge is 2.31. The third-order valence-corrected chi connectivity index (χ3v) is 5.15. The van der Waals surface area contributed by atoms with Gasteiger partial charge in [-0.25, -0.2) is 4.98 Å². The van der Waals surface area contributed by atoms with Crippen molar-refractivity contribution in [2.24, 2.45) is 10.9 Å². The minimum Gasteiger partial charge on any atom is -0.492 e. The number of halogens is 3. The van der Waals surface area contributed by atoms with Crippen molar-refractivity contribution in [1.29, 1.82) is 0 Å². The number of ether oxygens (including phenoxy) is 1. The van der Waals surface area contributed by atoms with Gasteiger partial charge in [-0.3, -0.25) is 4.99 Å². The SMILES string of the molecule is CN=C(NCCOc1cccc(C(F)(F)F)c1)N1CCC(C)C(n2ccnc2)C1. The molecule has 3 rings (SSSR count). The fourth-order valence-electron chi connectivity index (χ4n) is 3.52. The summed E-state index contributed by atoms with van der Waals surface area (Å²) in [6, 6.07) is 5.21. The van der Waals surface area contributed by atoms with Gasteiger partial charge in [-0.15, -0.1) is 0 Å². The maximum absolute atomic E-state index is 12.8. The van der Waals surface area contributed by atoms with E-state index in [-0.39, 0.29) is 12.4 Å². The second kappa shape index (κ2) is 9.19. The maximum atomic E-state index is 12.8. The molecule has 0 radical (unpaired) electrons. The molecular weight excluding hydrogens is 383 g/mol. The minimum absolute atomic E-state index is 0.198. The summed E-state index contributed by atoms with van der Waals surface area (Å²) in [5, 5.41) is 3.24. The molecule has 0 aliphatic carbocycles. The van der Waals surface area contributed by atoms with E-state index in [4.69, 9.17) is 4.74 Å². The van der Waals surface area contributed by atoms with Crippen LogP contribution in [0.3, 0.4) is 0 Å². The lowest BCUT2D eigenvalue weighted by Gasteiger charge is -2.39. The van der Waals surface area contributed by atoms with Gasteiger partial charge < -0.3 is 19.5 Å². The van der Waals surface area contributed by atoms with Gasteiger partial charge in [-0.05, 0) is 30.5 Å². The zero-order valence-electron chi connectivity index (χ0n) is 16.6. The number of nitrogens with one attached hydrogen (secondary N) is 1. The first-order valence-corrected chi connectivity index (χ1v) is 9.61. The smallest absolute Gasteiger partial charge is 0.416 e. The molecule has 1 N–H and O–H groups in total. The molecule has 158 valence electrons. The summed E-state index contributed by atoms with van der Waals surface area (Å²) >= 11 is 0. The van der Waals surface area contributed by atoms with E-state index in [1.807, 2.05) is 12.5 Å². The fourth-order valence-corrected chi connectivity index (χ4v) is 3.52. The van der Waals surface area contributed by atoms with Gasteiger partial charge in [-0.2, -0.15) is 13.2 Å². The van der Waals surface area contributed by atoms with E-state index in [1.165, 1.54) is 12.1 Å². The number of aromatic nitrogens is 2. The van der Waals surface area contributed by atoms with Crippen LogP contribution in [0, 0.1) is 5.92 Å². The van der Waals surface area contributed by atoms with Crippen LogP contribution < -0.4 is 10.1 Å². The van der Waals surface area contributed by atoms with E-state index < -0.39 is 11.7 Å². The lowest BCUT2D eigenvalue weighted by molar-refractivity contribution is -0.137. The van der Waals surface area contributed by atoms with Gasteiger partial charge in [0.25, 0.3) is 0 Å². The van der Waals surface area contributed by atoms with Crippen LogP contribution in [0.15, 0.2) is 48.0 Å². The van der Waals surface area contributed by atoms with Crippen LogP contribution in [-0.2, 0) is 6.18 Å². The Balaban J connectivity index is 1.51. The number of alkyl halides is 3. The molecular formula is C20H26F3N5O. The number of hydrogen-bond acceptors (Lipinski definition) is 3. The number of nitrogens with zero attached hydrogens (tertiary/aromatic N) is 4. The number of rotatable bonds is 5. The van der Waals surface area contributed by atoms with Crippen molar-refractivity contribution in [3.8, 4) is 5.75 Å². The normalized spacial score (nSPS) is 20.6. The molecule has 29 heavy (non-hydrogen) atoms. The summed E-state index contributed by atoms with van der Waals surface area (Å²) in [5.74, 6) is 1.49. The Kier molecular flexibility index (Phi) is 6.66. The number of benzene rings is 1. The Morgan fingerprint density at radius 1 is 1.38 bits per heavy atom. The van der Waals surface area contributed by atoms with E-state index in [0.717, 1.165) is 37.6 Å². The summed E-state index contributed by atoms with van der Waals surface area (Å²) in [6.07, 6.45) is 2.25. The highest BCUT2D eigenvalue weighted by Crippen LogP contribution is 2.31. The highest BCUT2D eigenvalue weighted by atomic mass is 19.4. The van der Waals surface area contributed by atoms with E-state index in [2.05, 4.69) is 31.7 Å². The number of imidazole rings is 1. The second-order valence-electron chi connectivity index (χ2n) is 7.14. The first-order valence-electron chi connectivity index (χ1n) is 9.61. The van der Waals surface area contributed by atoms with Crippen molar-refractivity contribution in [3.63, 3.8) is 0 Å². The van der Waals surface area contributed by atoms with Crippen LogP contribution in [0.4, 0.5) is 13.2 Å². The molecule has 0 amide bonds. The molecule has 9 heteroatoms. The van der Waals surface area contributed by atoms with E-state index >= 15 is 0 Å². The molecule has 1 saturated heterocycles. The molecule has 2 aromatic rings. The second-order valence-corrected chi connectivity index (χ2v) is 7.14. The molecule has 2 atom stereocenters. The Morgan fingerprint density at radius 2 is 2.21 bits per heavy atom. The Labute approximate surface area is 168 Å². The zero-order chi connectivity index (χ0) is 20.9. The Hall–Kier alpha value is -2.71. The first-order chi connectivity index (χ1) is 13.9. The van der Waals surface area contributed by atoms with E-state index in [0.29, 0.717) is 18.5 Å². The summed E-state index contributed by atoms with van der Waals surface area (Å²) in [7, 11) is 1.72. The Bertz CT molecular complexity index is 807. The Morgan fingerprint density at radius 3 is 2.90 bits per heavy atom. The molecule has 1 fully saturated rings. The molecule has 0 spiro atoms. The van der Waals surface area contributed by atoms with Crippen molar-refractivity contribution in [2.75, 3.05) is 33.3 Å². The molecule has 0 bridgehead atoms. The van der Waals surface area contributed by atoms with Crippen LogP contribution in [0.2, 0.25) is 0 Å². The van der Waals surface area contributed by atoms with Crippen molar-refractivity contribution in [3.05, 3.63) is 48.5 Å². The predicted molar refractivity (Wildman–Crippen MR) is 105 cm³/mol. The monoisotopic (exact) mass is 409 g/mol. The van der Waals surface area contributed by atoms with Crippen LogP contribution in [-0.4, -0.2) is 53.7 Å². The van der Waals surface area contributed by atoms with Gasteiger partial charge in [0.15, 0.2) is 5.96 Å². The van der Waals surface area contributed by atoms with E-state index in [9.17, 15) is 13.2 Å². The van der Waals surface area contributed by atoms with Gasteiger partial charge in [0.1, 0.15) is 12.4 Å². The number of piperidine rings is 1. The van der Waals surface area contributed by atoms with Gasteiger partial charge in [-0.1, -0.05) is 13.0 Å². The molecule has 1 aliphatic heterocycles. The number of guanidine groups is 1. The third kappa shape index (κ3) is 5.42. The lowest BCUT2D eigenvalue weighted by atomic mass is 9.93. The molecule has 6 nitrogen and oxygen atoms in total. The number of likely N-dealkylation sites (tertiary alicyclic amines) is 1. The van der Waals surface area contributed by atoms with Crippen molar-refractivity contribution in [2.45, 2.75) is 25.6 Å². The summed E-state index contributed by atoms with van der Waals surface area (Å²) < 4.78 is 45.9. The third-order valence-electron chi connectivity index (χ3n) is 5.15. The van der Waals surface area contributed by atoms with Gasteiger partial charge in [0.2, 0.25) is 0 Å². The predicted octanol–water partition coefficient (Wildman–Crippen LogP) is 3.44. The summed E-state index contributed by atoms with van der Waals surface area (Å²) in [5.41, 5.74) is -0.716. The average molecular weight is 409 g/mol. The van der Waals surface area contributed by atoms with Crippen LogP contribution in [0.25, 0.3) is 0 Å². The molecule has 2 unspecified atom stereocenters. The largest absolute Gasteiger partial charge is 0.492 e. The standard InChI is InChI=1S/C20H26F3N5O/c1-15-6-9-27(13-18(15)28-10-7-25-14-28)19(24-2)26-8-11-29-17-5-3-4-16(12-17)20(21,22)23/h3-5,7,10,12,14-15,18H,6,8-9,11,13H2,1-2H3,(H,24,26).